The van der Waals surface area contributed by atoms with Crippen molar-refractivity contribution < 1.29 is 0 Å². The summed E-state index contributed by atoms with van der Waals surface area (Å²) in [6, 6.07) is 57.8. The van der Waals surface area contributed by atoms with Gasteiger partial charge in [0, 0.05) is 16.7 Å². The average Bonchev–Trinajstić information content (AvgIpc) is 3.13. The van der Waals surface area contributed by atoms with Gasteiger partial charge in [-0.05, 0) is 84.5 Å². The summed E-state index contributed by atoms with van der Waals surface area (Å²) in [5, 5.41) is 9.50. The third-order valence-electron chi connectivity index (χ3n) is 8.83. The van der Waals surface area contributed by atoms with E-state index in [1.54, 1.807) is 0 Å². The van der Waals surface area contributed by atoms with Crippen LogP contribution in [0.25, 0.3) is 88.4 Å². The van der Waals surface area contributed by atoms with Crippen LogP contribution >= 0.6 is 0 Å². The van der Waals surface area contributed by atoms with Gasteiger partial charge in [-0.3, -0.25) is 0 Å². The summed E-state index contributed by atoms with van der Waals surface area (Å²) >= 11 is 0. The summed E-state index contributed by atoms with van der Waals surface area (Å²) in [7, 11) is 0. The Bertz CT molecular complexity index is 2510. The average molecular weight is 586 g/mol. The molecule has 0 radical (unpaired) electrons. The Morgan fingerprint density at radius 2 is 0.457 bits per heavy atom. The van der Waals surface area contributed by atoms with Gasteiger partial charge in [0.25, 0.3) is 0 Å². The fourth-order valence-electron chi connectivity index (χ4n) is 6.35. The van der Waals surface area contributed by atoms with Crippen molar-refractivity contribution in [2.45, 2.75) is 0 Å². The minimum Gasteiger partial charge on any atom is -0.208 e. The van der Waals surface area contributed by atoms with Crippen molar-refractivity contribution in [3.8, 4) is 45.3 Å². The lowest BCUT2D eigenvalue weighted by Crippen LogP contribution is -2.00. The van der Waals surface area contributed by atoms with Crippen molar-refractivity contribution in [3.63, 3.8) is 0 Å². The van der Waals surface area contributed by atoms with E-state index in [0.717, 1.165) is 32.8 Å². The second kappa shape index (κ2) is 10.8. The topological polar surface area (TPSA) is 38.7 Å². The zero-order chi connectivity index (χ0) is 30.5. The molecule has 0 atom stereocenters. The van der Waals surface area contributed by atoms with E-state index < -0.39 is 0 Å². The Kier molecular flexibility index (Phi) is 6.14. The van der Waals surface area contributed by atoms with Gasteiger partial charge in [0.1, 0.15) is 0 Å². The molecule has 0 N–H and O–H groups in total. The molecule has 0 spiro atoms. The molecular formula is C43H27N3. The second-order valence-electron chi connectivity index (χ2n) is 11.8. The van der Waals surface area contributed by atoms with Crippen LogP contribution in [-0.4, -0.2) is 15.0 Å². The molecule has 0 amide bonds. The molecule has 0 bridgehead atoms. The first-order valence-corrected chi connectivity index (χ1v) is 15.5. The van der Waals surface area contributed by atoms with Crippen LogP contribution < -0.4 is 0 Å². The van der Waals surface area contributed by atoms with Gasteiger partial charge >= 0.3 is 0 Å². The SMILES string of the molecule is c1ccc2cc(-c3ccc4cc(-c5nc(-c6ccc7ccccc7c6)nc(-c6ccc7ccccc7c6)n5)ccc4c3)ccc2c1. The van der Waals surface area contributed by atoms with Crippen molar-refractivity contribution in [1.29, 1.82) is 0 Å². The number of fused-ring (bicyclic) bond motifs is 4. The number of hydrogen-bond donors (Lipinski definition) is 0. The van der Waals surface area contributed by atoms with Crippen molar-refractivity contribution in [3.05, 3.63) is 164 Å². The molecule has 1 heterocycles. The maximum atomic E-state index is 5.05. The predicted octanol–water partition coefficient (Wildman–Crippen LogP) is 11.2. The van der Waals surface area contributed by atoms with Crippen molar-refractivity contribution >= 4 is 43.1 Å². The fourth-order valence-corrected chi connectivity index (χ4v) is 6.35. The Labute approximate surface area is 266 Å². The van der Waals surface area contributed by atoms with Gasteiger partial charge in [-0.2, -0.15) is 0 Å². The number of aromatic nitrogens is 3. The second-order valence-corrected chi connectivity index (χ2v) is 11.8. The van der Waals surface area contributed by atoms with E-state index in [1.165, 1.54) is 38.1 Å². The molecule has 0 aliphatic heterocycles. The maximum absolute atomic E-state index is 5.05. The molecule has 3 nitrogen and oxygen atoms in total. The zero-order valence-corrected chi connectivity index (χ0v) is 24.9. The highest BCUT2D eigenvalue weighted by Gasteiger charge is 2.14. The lowest BCUT2D eigenvalue weighted by atomic mass is 9.98. The van der Waals surface area contributed by atoms with Gasteiger partial charge in [0.05, 0.1) is 0 Å². The van der Waals surface area contributed by atoms with Crippen LogP contribution in [0.5, 0.6) is 0 Å². The van der Waals surface area contributed by atoms with Crippen LogP contribution in [0.4, 0.5) is 0 Å². The Morgan fingerprint density at radius 3 is 0.804 bits per heavy atom. The van der Waals surface area contributed by atoms with E-state index in [4.69, 9.17) is 15.0 Å². The van der Waals surface area contributed by atoms with Crippen LogP contribution in [0.15, 0.2) is 164 Å². The molecule has 0 unspecified atom stereocenters. The number of nitrogens with zero attached hydrogens (tertiary/aromatic N) is 3. The quantitative estimate of drug-likeness (QED) is 0.206. The first kappa shape index (κ1) is 26.2. The molecular weight excluding hydrogens is 558 g/mol. The van der Waals surface area contributed by atoms with Gasteiger partial charge in [-0.1, -0.05) is 133 Å². The molecule has 9 rings (SSSR count). The molecule has 0 saturated heterocycles. The van der Waals surface area contributed by atoms with Gasteiger partial charge in [0.15, 0.2) is 17.5 Å². The smallest absolute Gasteiger partial charge is 0.164 e. The Hall–Kier alpha value is -6.19. The van der Waals surface area contributed by atoms with Gasteiger partial charge in [0.2, 0.25) is 0 Å². The van der Waals surface area contributed by atoms with Crippen molar-refractivity contribution in [1.82, 2.24) is 15.0 Å². The molecule has 8 aromatic carbocycles. The lowest BCUT2D eigenvalue weighted by Gasteiger charge is -2.11. The number of hydrogen-bond acceptors (Lipinski definition) is 3. The van der Waals surface area contributed by atoms with Crippen LogP contribution in [0, 0.1) is 0 Å². The van der Waals surface area contributed by atoms with Crippen molar-refractivity contribution in [2.75, 3.05) is 0 Å². The molecule has 214 valence electrons. The fraction of sp³-hybridized carbons (Fsp3) is 0. The van der Waals surface area contributed by atoms with Gasteiger partial charge < -0.3 is 0 Å². The van der Waals surface area contributed by atoms with E-state index in [-0.39, 0.29) is 0 Å². The summed E-state index contributed by atoms with van der Waals surface area (Å²) in [6.45, 7) is 0. The summed E-state index contributed by atoms with van der Waals surface area (Å²) in [5.74, 6) is 1.97. The minimum absolute atomic E-state index is 0.654. The number of benzene rings is 8. The summed E-state index contributed by atoms with van der Waals surface area (Å²) in [4.78, 5) is 15.1. The first-order chi connectivity index (χ1) is 22.7. The molecule has 0 saturated carbocycles. The van der Waals surface area contributed by atoms with E-state index in [0.29, 0.717) is 17.5 Å². The molecule has 0 aliphatic carbocycles. The van der Waals surface area contributed by atoms with E-state index in [1.807, 2.05) is 0 Å². The lowest BCUT2D eigenvalue weighted by molar-refractivity contribution is 1.08. The monoisotopic (exact) mass is 585 g/mol. The van der Waals surface area contributed by atoms with E-state index in [9.17, 15) is 0 Å². The Balaban J connectivity index is 1.16. The highest BCUT2D eigenvalue weighted by atomic mass is 15.0. The number of rotatable bonds is 4. The van der Waals surface area contributed by atoms with Crippen LogP contribution in [0.3, 0.4) is 0 Å². The first-order valence-electron chi connectivity index (χ1n) is 15.5. The third-order valence-corrected chi connectivity index (χ3v) is 8.83. The highest BCUT2D eigenvalue weighted by molar-refractivity contribution is 5.93. The van der Waals surface area contributed by atoms with E-state index in [2.05, 4.69) is 164 Å². The third kappa shape index (κ3) is 4.75. The predicted molar refractivity (Wildman–Crippen MR) is 192 cm³/mol. The maximum Gasteiger partial charge on any atom is 0.164 e. The highest BCUT2D eigenvalue weighted by Crippen LogP contribution is 2.32. The van der Waals surface area contributed by atoms with Crippen molar-refractivity contribution in [2.24, 2.45) is 0 Å². The van der Waals surface area contributed by atoms with Crippen LogP contribution in [-0.2, 0) is 0 Å². The minimum atomic E-state index is 0.654. The van der Waals surface area contributed by atoms with Crippen LogP contribution in [0.2, 0.25) is 0 Å². The zero-order valence-electron chi connectivity index (χ0n) is 24.9. The van der Waals surface area contributed by atoms with E-state index >= 15 is 0 Å². The normalized spacial score (nSPS) is 11.5. The largest absolute Gasteiger partial charge is 0.208 e. The molecule has 1 aromatic heterocycles. The molecule has 46 heavy (non-hydrogen) atoms. The molecule has 0 aliphatic rings. The molecule has 0 fully saturated rings. The summed E-state index contributed by atoms with van der Waals surface area (Å²) in [6.07, 6.45) is 0. The van der Waals surface area contributed by atoms with Gasteiger partial charge in [-0.15, -0.1) is 0 Å². The standard InChI is InChI=1S/C43H27N3/c1-4-10-31-23-34(16-13-28(31)7-1)35-17-18-37-27-40(22-19-36(37)24-35)43-45-41(38-20-14-29-8-2-5-11-32(29)25-38)44-42(46-43)39-21-15-30-9-3-6-12-33(30)26-39/h1-27H. The van der Waals surface area contributed by atoms with Crippen LogP contribution in [0.1, 0.15) is 0 Å². The summed E-state index contributed by atoms with van der Waals surface area (Å²) in [5.41, 5.74) is 5.29. The Morgan fingerprint density at radius 1 is 0.217 bits per heavy atom. The molecule has 9 aromatic rings. The van der Waals surface area contributed by atoms with Gasteiger partial charge in [-0.25, -0.2) is 15.0 Å². The summed E-state index contributed by atoms with van der Waals surface area (Å²) < 4.78 is 0. The molecule has 3 heteroatoms.